The Morgan fingerprint density at radius 1 is 1.12 bits per heavy atom. The van der Waals surface area contributed by atoms with Crippen LogP contribution in [-0.4, -0.2) is 23.0 Å². The zero-order valence-electron chi connectivity index (χ0n) is 16.7. The average Bonchev–Trinajstić information content (AvgIpc) is 2.76. The molecule has 0 saturated carbocycles. The van der Waals surface area contributed by atoms with E-state index in [9.17, 15) is 22.0 Å². The number of nitrogens with zero attached hydrogens (tertiary/aromatic N) is 3. The molecule has 4 aromatic rings. The first-order valence-electron chi connectivity index (χ1n) is 9.24. The second kappa shape index (κ2) is 8.31. The quantitative estimate of drug-likeness (QED) is 0.441. The molecule has 0 aliphatic carbocycles. The predicted octanol–water partition coefficient (Wildman–Crippen LogP) is 3.32. The number of nitrogens with one attached hydrogen (secondary N) is 1. The molecule has 0 spiro atoms. The van der Waals surface area contributed by atoms with Crippen LogP contribution < -0.4 is 20.8 Å². The van der Waals surface area contributed by atoms with Crippen LogP contribution >= 0.6 is 0 Å². The Kier molecular flexibility index (Phi) is 5.52. The minimum absolute atomic E-state index is 0.100. The molecule has 2 aromatic carbocycles. The van der Waals surface area contributed by atoms with E-state index >= 15 is 0 Å². The lowest BCUT2D eigenvalue weighted by Crippen LogP contribution is -2.21. The van der Waals surface area contributed by atoms with Crippen LogP contribution in [0.3, 0.4) is 0 Å². The van der Waals surface area contributed by atoms with Gasteiger partial charge in [-0.15, -0.1) is 0 Å². The topological polar surface area (TPSA) is 129 Å². The molecule has 3 N–H and O–H groups in total. The highest BCUT2D eigenvalue weighted by Crippen LogP contribution is 2.27. The van der Waals surface area contributed by atoms with E-state index in [2.05, 4.69) is 21.3 Å². The maximum Gasteiger partial charge on any atom is 0.299 e. The van der Waals surface area contributed by atoms with E-state index in [0.29, 0.717) is 11.5 Å². The van der Waals surface area contributed by atoms with Gasteiger partial charge in [0, 0.05) is 23.1 Å². The number of hydrogen-bond acceptors (Lipinski definition) is 7. The number of halogens is 2. The van der Waals surface area contributed by atoms with Crippen molar-refractivity contribution in [2.24, 2.45) is 0 Å². The zero-order valence-corrected chi connectivity index (χ0v) is 17.5. The number of hydrogen-bond donors (Lipinski definition) is 2. The minimum atomic E-state index is -3.80. The first-order valence-corrected chi connectivity index (χ1v) is 10.8. The van der Waals surface area contributed by atoms with E-state index < -0.39 is 27.2 Å². The molecule has 33 heavy (non-hydrogen) atoms. The molecule has 12 heteroatoms. The SMILES string of the molecule is C=CS(=O)(=O)Nc1cccc(-n2c(=O)c(Oc3ccc(F)cc3F)cc3cnc(N)nc32)c1. The summed E-state index contributed by atoms with van der Waals surface area (Å²) in [6.45, 7) is 3.23. The molecule has 0 atom stereocenters. The van der Waals surface area contributed by atoms with Gasteiger partial charge < -0.3 is 10.5 Å². The number of benzene rings is 2. The van der Waals surface area contributed by atoms with Gasteiger partial charge in [0.15, 0.2) is 23.0 Å². The summed E-state index contributed by atoms with van der Waals surface area (Å²) in [6.07, 6.45) is 1.34. The van der Waals surface area contributed by atoms with Crippen molar-refractivity contribution in [3.05, 3.63) is 88.7 Å². The second-order valence-corrected chi connectivity index (χ2v) is 8.32. The van der Waals surface area contributed by atoms with Gasteiger partial charge in [0.25, 0.3) is 15.6 Å². The van der Waals surface area contributed by atoms with Crippen LogP contribution in [0.5, 0.6) is 11.5 Å². The summed E-state index contributed by atoms with van der Waals surface area (Å²) in [5.74, 6) is -2.60. The van der Waals surface area contributed by atoms with Gasteiger partial charge in [-0.3, -0.25) is 14.1 Å². The fraction of sp³-hybridized carbons (Fsp3) is 0. The lowest BCUT2D eigenvalue weighted by atomic mass is 10.2. The molecule has 2 aromatic heterocycles. The van der Waals surface area contributed by atoms with Crippen LogP contribution in [0.2, 0.25) is 0 Å². The second-order valence-electron chi connectivity index (χ2n) is 6.70. The van der Waals surface area contributed by atoms with Gasteiger partial charge >= 0.3 is 0 Å². The van der Waals surface area contributed by atoms with Gasteiger partial charge in [-0.2, -0.15) is 4.98 Å². The van der Waals surface area contributed by atoms with Gasteiger partial charge in [0.05, 0.1) is 11.4 Å². The number of nitrogens with two attached hydrogens (primary N) is 1. The third kappa shape index (κ3) is 4.50. The summed E-state index contributed by atoms with van der Waals surface area (Å²) in [5, 5.41) is 1.05. The van der Waals surface area contributed by atoms with Crippen LogP contribution in [0.4, 0.5) is 20.4 Å². The van der Waals surface area contributed by atoms with Crippen molar-refractivity contribution in [2.75, 3.05) is 10.5 Å². The highest BCUT2D eigenvalue weighted by atomic mass is 32.2. The van der Waals surface area contributed by atoms with Crippen LogP contribution in [0.15, 0.2) is 71.5 Å². The Balaban J connectivity index is 1.92. The molecule has 9 nitrogen and oxygen atoms in total. The molecule has 168 valence electrons. The van der Waals surface area contributed by atoms with Crippen LogP contribution in [0.25, 0.3) is 16.7 Å². The van der Waals surface area contributed by atoms with Crippen LogP contribution in [0.1, 0.15) is 0 Å². The van der Waals surface area contributed by atoms with Gasteiger partial charge in [0.2, 0.25) is 5.95 Å². The fourth-order valence-corrected chi connectivity index (χ4v) is 3.53. The largest absolute Gasteiger partial charge is 0.448 e. The number of aromatic nitrogens is 3. The van der Waals surface area contributed by atoms with E-state index in [0.717, 1.165) is 22.1 Å². The molecule has 0 bridgehead atoms. The average molecular weight is 471 g/mol. The van der Waals surface area contributed by atoms with Crippen LogP contribution in [0, 0.1) is 11.6 Å². The third-order valence-corrected chi connectivity index (χ3v) is 5.38. The van der Waals surface area contributed by atoms with Crippen molar-refractivity contribution in [3.8, 4) is 17.2 Å². The summed E-state index contributed by atoms with van der Waals surface area (Å²) >= 11 is 0. The molecule has 0 radical (unpaired) electrons. The summed E-state index contributed by atoms with van der Waals surface area (Å²) < 4.78 is 59.9. The van der Waals surface area contributed by atoms with Gasteiger partial charge in [-0.05, 0) is 36.4 Å². The first-order chi connectivity index (χ1) is 15.7. The molecular weight excluding hydrogens is 456 g/mol. The number of pyridine rings is 1. The van der Waals surface area contributed by atoms with Gasteiger partial charge in [0.1, 0.15) is 5.82 Å². The minimum Gasteiger partial charge on any atom is -0.448 e. The Labute approximate surface area is 185 Å². The standard InChI is InChI=1S/C21H15F2N5O4S/c1-2-33(30,31)27-14-4-3-5-15(10-14)28-19-12(11-25-21(24)26-19)8-18(20(28)29)32-17-7-6-13(22)9-16(17)23/h2-11,27H,1H2,(H2,24,25,26). The highest BCUT2D eigenvalue weighted by Gasteiger charge is 2.17. The van der Waals surface area contributed by atoms with Gasteiger partial charge in [-0.1, -0.05) is 12.6 Å². The zero-order chi connectivity index (χ0) is 23.8. The smallest absolute Gasteiger partial charge is 0.299 e. The Morgan fingerprint density at radius 3 is 2.64 bits per heavy atom. The predicted molar refractivity (Wildman–Crippen MR) is 119 cm³/mol. The normalized spacial score (nSPS) is 11.3. The van der Waals surface area contributed by atoms with Gasteiger partial charge in [-0.25, -0.2) is 22.2 Å². The Morgan fingerprint density at radius 2 is 1.91 bits per heavy atom. The van der Waals surface area contributed by atoms with Crippen molar-refractivity contribution < 1.29 is 21.9 Å². The molecule has 4 rings (SSSR count). The van der Waals surface area contributed by atoms with Crippen molar-refractivity contribution in [1.29, 1.82) is 0 Å². The monoisotopic (exact) mass is 471 g/mol. The van der Waals surface area contributed by atoms with E-state index in [-0.39, 0.29) is 34.5 Å². The fourth-order valence-electron chi connectivity index (χ4n) is 2.99. The van der Waals surface area contributed by atoms with Crippen molar-refractivity contribution in [1.82, 2.24) is 14.5 Å². The number of anilines is 2. The highest BCUT2D eigenvalue weighted by molar-refractivity contribution is 7.95. The van der Waals surface area contributed by atoms with E-state index in [1.165, 1.54) is 36.5 Å². The van der Waals surface area contributed by atoms with E-state index in [1.54, 1.807) is 0 Å². The number of sulfonamides is 1. The molecular formula is C21H15F2N5O4S. The lowest BCUT2D eigenvalue weighted by Gasteiger charge is -2.14. The Bertz CT molecular complexity index is 1570. The summed E-state index contributed by atoms with van der Waals surface area (Å²) in [6, 6.07) is 9.81. The van der Waals surface area contributed by atoms with E-state index in [1.807, 2.05) is 0 Å². The van der Waals surface area contributed by atoms with E-state index in [4.69, 9.17) is 10.5 Å². The summed E-state index contributed by atoms with van der Waals surface area (Å²) in [7, 11) is -3.80. The number of rotatable bonds is 6. The van der Waals surface area contributed by atoms with Crippen molar-refractivity contribution >= 4 is 32.7 Å². The van der Waals surface area contributed by atoms with Crippen molar-refractivity contribution in [2.45, 2.75) is 0 Å². The molecule has 0 saturated heterocycles. The molecule has 0 amide bonds. The first kappa shape index (κ1) is 21.9. The maximum atomic E-state index is 14.1. The van der Waals surface area contributed by atoms with Crippen molar-refractivity contribution in [3.63, 3.8) is 0 Å². The lowest BCUT2D eigenvalue weighted by molar-refractivity contribution is 0.431. The summed E-state index contributed by atoms with van der Waals surface area (Å²) in [5.41, 5.74) is 5.38. The third-order valence-electron chi connectivity index (χ3n) is 4.42. The number of fused-ring (bicyclic) bond motifs is 1. The molecule has 0 aliphatic rings. The Hall–Kier alpha value is -4.32. The summed E-state index contributed by atoms with van der Waals surface area (Å²) in [4.78, 5) is 21.3. The number of nitrogen functional groups attached to an aromatic ring is 1. The number of ether oxygens (including phenoxy) is 1. The molecule has 2 heterocycles. The molecule has 0 unspecified atom stereocenters. The molecule has 0 fully saturated rings. The van der Waals surface area contributed by atoms with Crippen LogP contribution in [-0.2, 0) is 10.0 Å². The molecule has 0 aliphatic heterocycles. The maximum absolute atomic E-state index is 14.1.